The number of hydrogen-bond acceptors (Lipinski definition) is 4. The molecule has 2 aromatic rings. The first-order valence-corrected chi connectivity index (χ1v) is 8.07. The van der Waals surface area contributed by atoms with Crippen LogP contribution < -0.4 is 5.32 Å². The van der Waals surface area contributed by atoms with Crippen LogP contribution in [0.3, 0.4) is 0 Å². The maximum Gasteiger partial charge on any atom is 0.410 e. The van der Waals surface area contributed by atoms with Crippen LogP contribution in [0.15, 0.2) is 60.7 Å². The molecule has 0 radical (unpaired) electrons. The monoisotopic (exact) mass is 340 g/mol. The fourth-order valence-electron chi connectivity index (χ4n) is 2.73. The number of nitrogens with one attached hydrogen (secondary N) is 1. The van der Waals surface area contributed by atoms with Gasteiger partial charge in [-0.2, -0.15) is 0 Å². The zero-order valence-corrected chi connectivity index (χ0v) is 13.7. The van der Waals surface area contributed by atoms with Crippen molar-refractivity contribution in [2.75, 3.05) is 13.1 Å². The van der Waals surface area contributed by atoms with Crippen molar-refractivity contribution in [3.05, 3.63) is 71.8 Å². The summed E-state index contributed by atoms with van der Waals surface area (Å²) < 4.78 is 5.23. The number of benzene rings is 2. The lowest BCUT2D eigenvalue weighted by atomic mass is 9.90. The van der Waals surface area contributed by atoms with E-state index in [-0.39, 0.29) is 19.7 Å². The molecule has 1 heterocycles. The zero-order chi connectivity index (χ0) is 17.7. The lowest BCUT2D eigenvalue weighted by Gasteiger charge is -2.46. The number of carbonyl (C=O) groups is 2. The number of ether oxygens (including phenoxy) is 1. The normalized spacial score (nSPS) is 15.3. The van der Waals surface area contributed by atoms with Crippen molar-refractivity contribution in [1.29, 1.82) is 0 Å². The Morgan fingerprint density at radius 3 is 2.12 bits per heavy atom. The molecule has 0 saturated carbocycles. The standard InChI is InChI=1S/C19H20N2O4/c22-17(23)19(20-11-15-7-3-1-4-8-15)13-21(14-19)18(24)25-12-16-9-5-2-6-10-16/h1-10,20H,11-14H2,(H,22,23). The van der Waals surface area contributed by atoms with Crippen molar-refractivity contribution < 1.29 is 19.4 Å². The highest BCUT2D eigenvalue weighted by atomic mass is 16.6. The maximum absolute atomic E-state index is 12.1. The number of likely N-dealkylation sites (tertiary alicyclic amines) is 1. The number of carbonyl (C=O) groups excluding carboxylic acids is 1. The highest BCUT2D eigenvalue weighted by Crippen LogP contribution is 2.23. The SMILES string of the molecule is O=C(OCc1ccccc1)N1CC(NCc2ccccc2)(C(=O)O)C1. The van der Waals surface area contributed by atoms with Crippen LogP contribution in [-0.4, -0.2) is 40.7 Å². The Balaban J connectivity index is 1.51. The zero-order valence-electron chi connectivity index (χ0n) is 13.7. The second kappa shape index (κ2) is 7.36. The molecule has 0 spiro atoms. The molecule has 0 bridgehead atoms. The Kier molecular flexibility index (Phi) is 5.00. The molecule has 1 saturated heterocycles. The molecule has 6 nitrogen and oxygen atoms in total. The van der Waals surface area contributed by atoms with Crippen molar-refractivity contribution in [1.82, 2.24) is 10.2 Å². The fraction of sp³-hybridized carbons (Fsp3) is 0.263. The number of carboxylic acids is 1. The summed E-state index contributed by atoms with van der Waals surface area (Å²) in [5.41, 5.74) is 0.762. The quantitative estimate of drug-likeness (QED) is 0.843. The Bertz CT molecular complexity index is 728. The number of nitrogens with zero attached hydrogens (tertiary/aromatic N) is 1. The van der Waals surface area contributed by atoms with Crippen molar-refractivity contribution in [3.8, 4) is 0 Å². The summed E-state index contributed by atoms with van der Waals surface area (Å²) >= 11 is 0. The van der Waals surface area contributed by atoms with E-state index in [1.54, 1.807) is 0 Å². The Morgan fingerprint density at radius 2 is 1.56 bits per heavy atom. The van der Waals surface area contributed by atoms with Gasteiger partial charge in [0.15, 0.2) is 5.54 Å². The molecular formula is C19H20N2O4. The Hall–Kier alpha value is -2.86. The average molecular weight is 340 g/mol. The van der Waals surface area contributed by atoms with Gasteiger partial charge in [0.2, 0.25) is 0 Å². The Morgan fingerprint density at radius 1 is 1.00 bits per heavy atom. The first kappa shape index (κ1) is 17.0. The minimum Gasteiger partial charge on any atom is -0.480 e. The maximum atomic E-state index is 12.1. The number of aliphatic carboxylic acids is 1. The van der Waals surface area contributed by atoms with E-state index in [9.17, 15) is 14.7 Å². The van der Waals surface area contributed by atoms with Crippen LogP contribution in [-0.2, 0) is 22.7 Å². The molecule has 2 N–H and O–H groups in total. The van der Waals surface area contributed by atoms with Crippen LogP contribution in [0, 0.1) is 0 Å². The summed E-state index contributed by atoms with van der Waals surface area (Å²) in [5, 5.41) is 12.6. The third-order valence-corrected chi connectivity index (χ3v) is 4.27. The van der Waals surface area contributed by atoms with Crippen LogP contribution in [0.25, 0.3) is 0 Å². The summed E-state index contributed by atoms with van der Waals surface area (Å²) in [5.74, 6) is -0.962. The predicted molar refractivity (Wildman–Crippen MR) is 91.8 cm³/mol. The van der Waals surface area contributed by atoms with Gasteiger partial charge in [0.25, 0.3) is 0 Å². The topological polar surface area (TPSA) is 78.9 Å². The lowest BCUT2D eigenvalue weighted by molar-refractivity contribution is -0.151. The van der Waals surface area contributed by atoms with Gasteiger partial charge >= 0.3 is 12.1 Å². The molecule has 130 valence electrons. The van der Waals surface area contributed by atoms with Crippen molar-refractivity contribution in [2.45, 2.75) is 18.7 Å². The summed E-state index contributed by atoms with van der Waals surface area (Å²) in [6, 6.07) is 18.9. The highest BCUT2D eigenvalue weighted by molar-refractivity contribution is 5.84. The molecule has 1 aliphatic rings. The first-order valence-electron chi connectivity index (χ1n) is 8.07. The molecule has 0 aliphatic carbocycles. The molecule has 6 heteroatoms. The van der Waals surface area contributed by atoms with Gasteiger partial charge in [-0.15, -0.1) is 0 Å². The van der Waals surface area contributed by atoms with Gasteiger partial charge in [-0.3, -0.25) is 10.1 Å². The van der Waals surface area contributed by atoms with Gasteiger partial charge in [0, 0.05) is 6.54 Å². The summed E-state index contributed by atoms with van der Waals surface area (Å²) in [6.07, 6.45) is -0.498. The van der Waals surface area contributed by atoms with Crippen LogP contribution >= 0.6 is 0 Å². The van der Waals surface area contributed by atoms with Gasteiger partial charge in [-0.05, 0) is 11.1 Å². The molecule has 0 atom stereocenters. The molecule has 2 aromatic carbocycles. The van der Waals surface area contributed by atoms with E-state index in [0.29, 0.717) is 6.54 Å². The molecule has 1 fully saturated rings. The third-order valence-electron chi connectivity index (χ3n) is 4.27. The molecule has 0 unspecified atom stereocenters. The summed E-state index contributed by atoms with van der Waals surface area (Å²) in [6.45, 7) is 0.777. The minimum atomic E-state index is -1.12. The molecule has 25 heavy (non-hydrogen) atoms. The van der Waals surface area contributed by atoms with Gasteiger partial charge in [-0.1, -0.05) is 60.7 Å². The third kappa shape index (κ3) is 3.97. The molecular weight excluding hydrogens is 320 g/mol. The largest absolute Gasteiger partial charge is 0.480 e. The molecule has 0 aromatic heterocycles. The van der Waals surface area contributed by atoms with Crippen LogP contribution in [0.2, 0.25) is 0 Å². The van der Waals surface area contributed by atoms with Crippen molar-refractivity contribution in [2.24, 2.45) is 0 Å². The van der Waals surface area contributed by atoms with E-state index in [0.717, 1.165) is 11.1 Å². The van der Waals surface area contributed by atoms with Crippen LogP contribution in [0.4, 0.5) is 4.79 Å². The molecule has 1 amide bonds. The number of hydrogen-bond donors (Lipinski definition) is 2. The number of amides is 1. The van der Waals surface area contributed by atoms with E-state index in [4.69, 9.17) is 4.74 Å². The number of rotatable bonds is 6. The lowest BCUT2D eigenvalue weighted by Crippen LogP contribution is -2.74. The van der Waals surface area contributed by atoms with Crippen LogP contribution in [0.1, 0.15) is 11.1 Å². The van der Waals surface area contributed by atoms with E-state index < -0.39 is 17.6 Å². The summed E-state index contributed by atoms with van der Waals surface area (Å²) in [7, 11) is 0. The van der Waals surface area contributed by atoms with E-state index in [1.807, 2.05) is 60.7 Å². The highest BCUT2D eigenvalue weighted by Gasteiger charge is 2.51. The smallest absolute Gasteiger partial charge is 0.410 e. The van der Waals surface area contributed by atoms with Gasteiger partial charge in [0.1, 0.15) is 6.61 Å². The first-order chi connectivity index (χ1) is 12.1. The second-order valence-corrected chi connectivity index (χ2v) is 6.12. The van der Waals surface area contributed by atoms with E-state index in [2.05, 4.69) is 5.32 Å². The average Bonchev–Trinajstić information content (AvgIpc) is 2.60. The second-order valence-electron chi connectivity index (χ2n) is 6.12. The number of carboxylic acid groups (broad SMARTS) is 1. The van der Waals surface area contributed by atoms with Crippen molar-refractivity contribution in [3.63, 3.8) is 0 Å². The van der Waals surface area contributed by atoms with E-state index in [1.165, 1.54) is 4.90 Å². The van der Waals surface area contributed by atoms with Gasteiger partial charge in [0.05, 0.1) is 13.1 Å². The predicted octanol–water partition coefficient (Wildman–Crippen LogP) is 2.25. The molecule has 3 rings (SSSR count). The fourth-order valence-corrected chi connectivity index (χ4v) is 2.73. The molecule has 1 aliphatic heterocycles. The van der Waals surface area contributed by atoms with Gasteiger partial charge in [-0.25, -0.2) is 4.79 Å². The van der Waals surface area contributed by atoms with Crippen molar-refractivity contribution >= 4 is 12.1 Å². The van der Waals surface area contributed by atoms with Crippen LogP contribution in [0.5, 0.6) is 0 Å². The van der Waals surface area contributed by atoms with Gasteiger partial charge < -0.3 is 14.7 Å². The van der Waals surface area contributed by atoms with E-state index >= 15 is 0 Å². The summed E-state index contributed by atoms with van der Waals surface area (Å²) in [4.78, 5) is 25.1. The minimum absolute atomic E-state index is 0.0861. The Labute approximate surface area is 146 Å².